The summed E-state index contributed by atoms with van der Waals surface area (Å²) in [5.41, 5.74) is -0.434. The third kappa shape index (κ3) is 3.78. The number of carbonyl (C=O) groups excluding carboxylic acids is 1. The fraction of sp³-hybridized carbons (Fsp3) is 0.316. The van der Waals surface area contributed by atoms with Gasteiger partial charge in [0.2, 0.25) is 5.76 Å². The van der Waals surface area contributed by atoms with Crippen LogP contribution in [-0.2, 0) is 12.7 Å². The van der Waals surface area contributed by atoms with Crippen molar-refractivity contribution >= 4 is 16.8 Å². The first-order valence-electron chi connectivity index (χ1n) is 8.51. The summed E-state index contributed by atoms with van der Waals surface area (Å²) in [5.74, 6) is -0.217. The molecule has 3 aromatic rings. The average Bonchev–Trinajstić information content (AvgIpc) is 2.94. The highest BCUT2D eigenvalue weighted by molar-refractivity contribution is 5.92. The number of aromatic nitrogens is 2. The number of nitrogens with zero attached hydrogens (tertiary/aromatic N) is 2. The lowest BCUT2D eigenvalue weighted by molar-refractivity contribution is -0.143. The van der Waals surface area contributed by atoms with Crippen LogP contribution in [0.3, 0.4) is 0 Å². The first kappa shape index (κ1) is 19.7. The standard InChI is InChI=1S/C19H18F3N3O3/c1-10-4-5-14-13(8-10)15(26)9-16(19(20,21)22)25(14)7-6-23-18(27)17-11(2)24-12(3)28-17/h4-5,8-9H,6-7H2,1-3H3,(H,23,27). The van der Waals surface area contributed by atoms with Crippen LogP contribution < -0.4 is 10.7 Å². The molecule has 0 aliphatic heterocycles. The second-order valence-corrected chi connectivity index (χ2v) is 6.47. The Morgan fingerprint density at radius 3 is 2.54 bits per heavy atom. The summed E-state index contributed by atoms with van der Waals surface area (Å²) in [6, 6.07) is 5.26. The van der Waals surface area contributed by atoms with Crippen molar-refractivity contribution in [3.8, 4) is 0 Å². The second-order valence-electron chi connectivity index (χ2n) is 6.47. The zero-order valence-corrected chi connectivity index (χ0v) is 15.5. The molecule has 0 saturated carbocycles. The summed E-state index contributed by atoms with van der Waals surface area (Å²) >= 11 is 0. The molecule has 1 N–H and O–H groups in total. The van der Waals surface area contributed by atoms with E-state index in [1.54, 1.807) is 32.9 Å². The average molecular weight is 393 g/mol. The van der Waals surface area contributed by atoms with E-state index in [1.807, 2.05) is 0 Å². The Hall–Kier alpha value is -3.10. The van der Waals surface area contributed by atoms with Crippen molar-refractivity contribution < 1.29 is 22.4 Å². The van der Waals surface area contributed by atoms with Gasteiger partial charge >= 0.3 is 6.18 Å². The largest absolute Gasteiger partial charge is 0.436 e. The van der Waals surface area contributed by atoms with Crippen LogP contribution in [-0.4, -0.2) is 22.0 Å². The summed E-state index contributed by atoms with van der Waals surface area (Å²) in [6.45, 7) is 4.68. The van der Waals surface area contributed by atoms with Gasteiger partial charge in [-0.1, -0.05) is 11.6 Å². The number of hydrogen-bond donors (Lipinski definition) is 1. The first-order valence-corrected chi connectivity index (χ1v) is 8.51. The summed E-state index contributed by atoms with van der Waals surface area (Å²) in [4.78, 5) is 28.3. The molecule has 0 aliphatic rings. The van der Waals surface area contributed by atoms with Crippen LogP contribution in [0.15, 0.2) is 33.5 Å². The number of nitrogens with one attached hydrogen (secondary N) is 1. The molecule has 3 rings (SSSR count). The molecule has 0 atom stereocenters. The predicted octanol–water partition coefficient (Wildman–Crippen LogP) is 3.36. The first-order chi connectivity index (χ1) is 13.1. The number of carbonyl (C=O) groups is 1. The molecular formula is C19H18F3N3O3. The topological polar surface area (TPSA) is 77.1 Å². The lowest BCUT2D eigenvalue weighted by Crippen LogP contribution is -2.30. The molecule has 1 aromatic carbocycles. The van der Waals surface area contributed by atoms with Crippen molar-refractivity contribution in [2.24, 2.45) is 0 Å². The monoisotopic (exact) mass is 393 g/mol. The number of pyridine rings is 1. The molecular weight excluding hydrogens is 375 g/mol. The number of rotatable bonds is 4. The smallest absolute Gasteiger partial charge is 0.431 e. The lowest BCUT2D eigenvalue weighted by Gasteiger charge is -2.19. The maximum atomic E-state index is 13.5. The van der Waals surface area contributed by atoms with Gasteiger partial charge < -0.3 is 14.3 Å². The highest BCUT2D eigenvalue weighted by Gasteiger charge is 2.35. The molecule has 6 nitrogen and oxygen atoms in total. The van der Waals surface area contributed by atoms with Gasteiger partial charge in [0.1, 0.15) is 5.69 Å². The van der Waals surface area contributed by atoms with Crippen molar-refractivity contribution in [3.63, 3.8) is 0 Å². The van der Waals surface area contributed by atoms with Gasteiger partial charge in [0.15, 0.2) is 11.3 Å². The van der Waals surface area contributed by atoms with E-state index in [9.17, 15) is 22.8 Å². The number of aryl methyl sites for hydroxylation is 3. The molecule has 1 amide bonds. The van der Waals surface area contributed by atoms with E-state index in [0.29, 0.717) is 17.7 Å². The number of hydrogen-bond acceptors (Lipinski definition) is 4. The maximum Gasteiger partial charge on any atom is 0.431 e. The number of halogens is 3. The normalized spacial score (nSPS) is 11.8. The van der Waals surface area contributed by atoms with Gasteiger partial charge in [-0.25, -0.2) is 4.98 Å². The zero-order chi connectivity index (χ0) is 20.6. The van der Waals surface area contributed by atoms with E-state index in [-0.39, 0.29) is 29.8 Å². The summed E-state index contributed by atoms with van der Waals surface area (Å²) in [5, 5.41) is 2.73. The van der Waals surface area contributed by atoms with Crippen molar-refractivity contribution in [3.05, 3.63) is 63.1 Å². The van der Waals surface area contributed by atoms with Crippen molar-refractivity contribution in [2.45, 2.75) is 33.5 Å². The summed E-state index contributed by atoms with van der Waals surface area (Å²) in [7, 11) is 0. The van der Waals surface area contributed by atoms with Crippen LogP contribution in [0.4, 0.5) is 13.2 Å². The molecule has 0 spiro atoms. The molecule has 148 valence electrons. The minimum atomic E-state index is -4.71. The highest BCUT2D eigenvalue weighted by atomic mass is 19.4. The SMILES string of the molecule is Cc1ccc2c(c1)c(=O)cc(C(F)(F)F)n2CCNC(=O)c1oc(C)nc1C. The minimum absolute atomic E-state index is 0.0222. The van der Waals surface area contributed by atoms with Crippen LogP contribution in [0.25, 0.3) is 10.9 Å². The van der Waals surface area contributed by atoms with Crippen molar-refractivity contribution in [1.82, 2.24) is 14.9 Å². The van der Waals surface area contributed by atoms with Crippen LogP contribution in [0.1, 0.15) is 33.4 Å². The van der Waals surface area contributed by atoms with Gasteiger partial charge in [0.05, 0.1) is 11.2 Å². The van der Waals surface area contributed by atoms with E-state index in [2.05, 4.69) is 10.3 Å². The molecule has 28 heavy (non-hydrogen) atoms. The fourth-order valence-electron chi connectivity index (χ4n) is 3.07. The van der Waals surface area contributed by atoms with E-state index in [1.165, 1.54) is 6.07 Å². The van der Waals surface area contributed by atoms with E-state index in [0.717, 1.165) is 10.1 Å². The van der Waals surface area contributed by atoms with Crippen LogP contribution in [0, 0.1) is 20.8 Å². The van der Waals surface area contributed by atoms with Crippen LogP contribution >= 0.6 is 0 Å². The van der Waals surface area contributed by atoms with Gasteiger partial charge in [-0.15, -0.1) is 0 Å². The van der Waals surface area contributed by atoms with Gasteiger partial charge in [-0.05, 0) is 26.0 Å². The Bertz CT molecular complexity index is 1110. The van der Waals surface area contributed by atoms with Gasteiger partial charge in [0.25, 0.3) is 5.91 Å². The summed E-state index contributed by atoms with van der Waals surface area (Å²) < 4.78 is 46.6. The Kier molecular flexibility index (Phi) is 5.01. The van der Waals surface area contributed by atoms with Gasteiger partial charge in [0, 0.05) is 31.5 Å². The fourth-order valence-corrected chi connectivity index (χ4v) is 3.07. The Morgan fingerprint density at radius 2 is 1.93 bits per heavy atom. The Morgan fingerprint density at radius 1 is 1.21 bits per heavy atom. The van der Waals surface area contributed by atoms with E-state index >= 15 is 0 Å². The van der Waals surface area contributed by atoms with Crippen molar-refractivity contribution in [1.29, 1.82) is 0 Å². The molecule has 0 bridgehead atoms. The number of amides is 1. The lowest BCUT2D eigenvalue weighted by atomic mass is 10.1. The molecule has 0 radical (unpaired) electrons. The molecule has 0 unspecified atom stereocenters. The predicted molar refractivity (Wildman–Crippen MR) is 96.3 cm³/mol. The molecule has 9 heteroatoms. The Balaban J connectivity index is 1.93. The number of benzene rings is 1. The molecule has 0 fully saturated rings. The number of alkyl halides is 3. The maximum absolute atomic E-state index is 13.5. The number of oxazole rings is 1. The third-order valence-corrected chi connectivity index (χ3v) is 4.29. The summed E-state index contributed by atoms with van der Waals surface area (Å²) in [6.07, 6.45) is -4.71. The Labute approximate surface area is 158 Å². The van der Waals surface area contributed by atoms with Crippen molar-refractivity contribution in [2.75, 3.05) is 6.54 Å². The molecule has 2 aromatic heterocycles. The van der Waals surface area contributed by atoms with Crippen LogP contribution in [0.5, 0.6) is 0 Å². The highest BCUT2D eigenvalue weighted by Crippen LogP contribution is 2.30. The molecule has 0 aliphatic carbocycles. The molecule has 2 heterocycles. The van der Waals surface area contributed by atoms with Crippen LogP contribution in [0.2, 0.25) is 0 Å². The van der Waals surface area contributed by atoms with E-state index < -0.39 is 23.2 Å². The quantitative estimate of drug-likeness (QED) is 0.737. The molecule has 0 saturated heterocycles. The second kappa shape index (κ2) is 7.14. The zero-order valence-electron chi connectivity index (χ0n) is 15.5. The van der Waals surface area contributed by atoms with Gasteiger partial charge in [-0.3, -0.25) is 9.59 Å². The minimum Gasteiger partial charge on any atom is -0.436 e. The van der Waals surface area contributed by atoms with E-state index in [4.69, 9.17) is 4.42 Å². The third-order valence-electron chi connectivity index (χ3n) is 4.29. The van der Waals surface area contributed by atoms with Gasteiger partial charge in [-0.2, -0.15) is 13.2 Å². The number of fused-ring (bicyclic) bond motifs is 1.